The number of hydrogen-bond acceptors (Lipinski definition) is 3. The van der Waals surface area contributed by atoms with Crippen LogP contribution >= 0.6 is 0 Å². The average molecular weight is 356 g/mol. The van der Waals surface area contributed by atoms with E-state index in [1.165, 1.54) is 6.07 Å². The van der Waals surface area contributed by atoms with Gasteiger partial charge in [0.1, 0.15) is 11.6 Å². The number of guanidine groups is 1. The molecule has 0 radical (unpaired) electrons. The summed E-state index contributed by atoms with van der Waals surface area (Å²) in [6.45, 7) is 3.75. The van der Waals surface area contributed by atoms with Crippen LogP contribution in [0.25, 0.3) is 0 Å². The number of aliphatic imine (C=N–C) groups is 1. The molecule has 2 aromatic carbocycles. The number of methoxy groups -OCH3 is 1. The largest absolute Gasteiger partial charge is 0.496 e. The molecule has 0 spiro atoms. The Balaban J connectivity index is 1.58. The molecule has 5 nitrogen and oxygen atoms in total. The molecule has 3 rings (SSSR count). The minimum Gasteiger partial charge on any atom is -0.496 e. The third-order valence-electron chi connectivity index (χ3n) is 4.61. The standard InChI is InChI=1S/C20H25FN4O/c1-22-20(23-15-16-7-3-6-10-19(16)26-2)25-13-11-24(12-14-25)18-9-5-4-8-17(18)21/h3-10H,11-15H2,1-2H3,(H,22,23). The fraction of sp³-hybridized carbons (Fsp3) is 0.350. The van der Waals surface area contributed by atoms with Gasteiger partial charge in [0.2, 0.25) is 0 Å². The number of rotatable bonds is 4. The monoisotopic (exact) mass is 356 g/mol. The lowest BCUT2D eigenvalue weighted by Gasteiger charge is -2.37. The summed E-state index contributed by atoms with van der Waals surface area (Å²) in [5.74, 6) is 1.54. The number of nitrogens with zero attached hydrogens (tertiary/aromatic N) is 3. The summed E-state index contributed by atoms with van der Waals surface area (Å²) in [5, 5.41) is 3.40. The van der Waals surface area contributed by atoms with E-state index >= 15 is 0 Å². The van der Waals surface area contributed by atoms with E-state index in [9.17, 15) is 4.39 Å². The Labute approximate surface area is 154 Å². The van der Waals surface area contributed by atoms with E-state index < -0.39 is 0 Å². The second kappa shape index (κ2) is 8.56. The molecule has 1 heterocycles. The summed E-state index contributed by atoms with van der Waals surface area (Å²) in [6, 6.07) is 14.9. The minimum absolute atomic E-state index is 0.167. The van der Waals surface area contributed by atoms with Crippen molar-refractivity contribution in [2.45, 2.75) is 6.54 Å². The highest BCUT2D eigenvalue weighted by Crippen LogP contribution is 2.20. The lowest BCUT2D eigenvalue weighted by Crippen LogP contribution is -2.52. The summed E-state index contributed by atoms with van der Waals surface area (Å²) in [5.41, 5.74) is 1.75. The number of nitrogens with one attached hydrogen (secondary N) is 1. The first-order chi connectivity index (χ1) is 12.7. The molecule has 6 heteroatoms. The first-order valence-corrected chi connectivity index (χ1v) is 8.80. The van der Waals surface area contributed by atoms with Gasteiger partial charge in [0.25, 0.3) is 0 Å². The predicted octanol–water partition coefficient (Wildman–Crippen LogP) is 2.73. The number of ether oxygens (including phenoxy) is 1. The maximum atomic E-state index is 14.0. The van der Waals surface area contributed by atoms with Gasteiger partial charge in [0.05, 0.1) is 12.8 Å². The zero-order chi connectivity index (χ0) is 18.4. The summed E-state index contributed by atoms with van der Waals surface area (Å²) < 4.78 is 19.4. The van der Waals surface area contributed by atoms with E-state index in [-0.39, 0.29) is 5.82 Å². The molecule has 0 saturated carbocycles. The number of halogens is 1. The molecular weight excluding hydrogens is 331 g/mol. The van der Waals surface area contributed by atoms with Gasteiger partial charge in [-0.05, 0) is 18.2 Å². The van der Waals surface area contributed by atoms with Gasteiger partial charge in [-0.3, -0.25) is 4.99 Å². The van der Waals surface area contributed by atoms with Crippen LogP contribution in [0.5, 0.6) is 5.75 Å². The highest BCUT2D eigenvalue weighted by atomic mass is 19.1. The third kappa shape index (κ3) is 4.07. The fourth-order valence-electron chi connectivity index (χ4n) is 3.22. The van der Waals surface area contributed by atoms with Crippen LogP contribution in [-0.4, -0.2) is 51.2 Å². The second-order valence-corrected chi connectivity index (χ2v) is 6.14. The Bertz CT molecular complexity index is 757. The van der Waals surface area contributed by atoms with Gasteiger partial charge in [-0.25, -0.2) is 4.39 Å². The van der Waals surface area contributed by atoms with Gasteiger partial charge in [-0.2, -0.15) is 0 Å². The zero-order valence-corrected chi connectivity index (χ0v) is 15.3. The van der Waals surface area contributed by atoms with Gasteiger partial charge < -0.3 is 19.9 Å². The number of piperazine rings is 1. The summed E-state index contributed by atoms with van der Waals surface area (Å²) in [6.07, 6.45) is 0. The van der Waals surface area contributed by atoms with E-state index in [2.05, 4.69) is 20.1 Å². The maximum Gasteiger partial charge on any atom is 0.194 e. The first-order valence-electron chi connectivity index (χ1n) is 8.80. The van der Waals surface area contributed by atoms with Crippen molar-refractivity contribution in [3.05, 3.63) is 59.9 Å². The van der Waals surface area contributed by atoms with Crippen molar-refractivity contribution in [3.63, 3.8) is 0 Å². The Hall–Kier alpha value is -2.76. The van der Waals surface area contributed by atoms with Gasteiger partial charge in [0, 0.05) is 45.3 Å². The summed E-state index contributed by atoms with van der Waals surface area (Å²) in [4.78, 5) is 8.68. The summed E-state index contributed by atoms with van der Waals surface area (Å²) in [7, 11) is 3.46. The van der Waals surface area contributed by atoms with Gasteiger partial charge in [-0.1, -0.05) is 30.3 Å². The molecule has 1 aliphatic heterocycles. The van der Waals surface area contributed by atoms with Gasteiger partial charge in [0.15, 0.2) is 5.96 Å². The van der Waals surface area contributed by atoms with Crippen molar-refractivity contribution in [2.75, 3.05) is 45.2 Å². The number of anilines is 1. The smallest absolute Gasteiger partial charge is 0.194 e. The van der Waals surface area contributed by atoms with E-state index in [0.717, 1.165) is 43.5 Å². The Morgan fingerprint density at radius 1 is 1.08 bits per heavy atom. The van der Waals surface area contributed by atoms with E-state index in [1.54, 1.807) is 20.2 Å². The van der Waals surface area contributed by atoms with E-state index in [1.807, 2.05) is 36.4 Å². The van der Waals surface area contributed by atoms with Gasteiger partial charge in [-0.15, -0.1) is 0 Å². The average Bonchev–Trinajstić information content (AvgIpc) is 2.70. The molecule has 138 valence electrons. The molecule has 2 aromatic rings. The molecule has 0 unspecified atom stereocenters. The SMILES string of the molecule is CN=C(NCc1ccccc1OC)N1CCN(c2ccccc2F)CC1. The van der Waals surface area contributed by atoms with Crippen molar-refractivity contribution < 1.29 is 9.13 Å². The number of para-hydroxylation sites is 2. The first kappa shape index (κ1) is 18.0. The van der Waals surface area contributed by atoms with Crippen molar-refractivity contribution in [1.29, 1.82) is 0 Å². The molecule has 1 N–H and O–H groups in total. The van der Waals surface area contributed by atoms with E-state index in [0.29, 0.717) is 12.2 Å². The Morgan fingerprint density at radius 3 is 2.46 bits per heavy atom. The van der Waals surface area contributed by atoms with Crippen molar-refractivity contribution in [1.82, 2.24) is 10.2 Å². The molecule has 0 aromatic heterocycles. The predicted molar refractivity (Wildman–Crippen MR) is 103 cm³/mol. The number of benzene rings is 2. The highest BCUT2D eigenvalue weighted by Gasteiger charge is 2.21. The van der Waals surface area contributed by atoms with Gasteiger partial charge >= 0.3 is 0 Å². The Morgan fingerprint density at radius 2 is 1.77 bits per heavy atom. The van der Waals surface area contributed by atoms with Crippen LogP contribution in [0.4, 0.5) is 10.1 Å². The third-order valence-corrected chi connectivity index (χ3v) is 4.61. The quantitative estimate of drug-likeness (QED) is 0.676. The lowest BCUT2D eigenvalue weighted by molar-refractivity contribution is 0.369. The molecule has 1 aliphatic rings. The zero-order valence-electron chi connectivity index (χ0n) is 15.3. The van der Waals surface area contributed by atoms with Crippen LogP contribution in [-0.2, 0) is 6.54 Å². The highest BCUT2D eigenvalue weighted by molar-refractivity contribution is 5.80. The van der Waals surface area contributed by atoms with Crippen LogP contribution < -0.4 is 15.0 Å². The molecule has 26 heavy (non-hydrogen) atoms. The Kier molecular flexibility index (Phi) is 5.94. The van der Waals surface area contributed by atoms with Crippen molar-refractivity contribution in [2.24, 2.45) is 4.99 Å². The van der Waals surface area contributed by atoms with Crippen LogP contribution in [0.2, 0.25) is 0 Å². The molecular formula is C20H25FN4O. The topological polar surface area (TPSA) is 40.1 Å². The van der Waals surface area contributed by atoms with Crippen molar-refractivity contribution >= 4 is 11.6 Å². The maximum absolute atomic E-state index is 14.0. The van der Waals surface area contributed by atoms with Crippen LogP contribution in [0.3, 0.4) is 0 Å². The molecule has 1 fully saturated rings. The molecule has 0 aliphatic carbocycles. The van der Waals surface area contributed by atoms with Crippen LogP contribution in [0, 0.1) is 5.82 Å². The van der Waals surface area contributed by atoms with Crippen LogP contribution in [0.15, 0.2) is 53.5 Å². The molecule has 1 saturated heterocycles. The normalized spacial score (nSPS) is 15.1. The molecule has 0 bridgehead atoms. The van der Waals surface area contributed by atoms with E-state index in [4.69, 9.17) is 4.74 Å². The van der Waals surface area contributed by atoms with Crippen molar-refractivity contribution in [3.8, 4) is 5.75 Å². The lowest BCUT2D eigenvalue weighted by atomic mass is 10.2. The molecule has 0 atom stereocenters. The second-order valence-electron chi connectivity index (χ2n) is 6.14. The fourth-order valence-corrected chi connectivity index (χ4v) is 3.22. The van der Waals surface area contributed by atoms with Crippen LogP contribution in [0.1, 0.15) is 5.56 Å². The number of hydrogen-bond donors (Lipinski definition) is 1. The molecule has 0 amide bonds. The summed E-state index contributed by atoms with van der Waals surface area (Å²) >= 11 is 0. The minimum atomic E-state index is -0.167.